The van der Waals surface area contributed by atoms with Crippen LogP contribution in [0.5, 0.6) is 0 Å². The number of anilines is 1. The van der Waals surface area contributed by atoms with Gasteiger partial charge in [0.15, 0.2) is 0 Å². The van der Waals surface area contributed by atoms with Gasteiger partial charge >= 0.3 is 0 Å². The lowest BCUT2D eigenvalue weighted by molar-refractivity contribution is 0.389. The second kappa shape index (κ2) is 4.79. The number of rotatable bonds is 3. The molecule has 1 heterocycles. The molecule has 0 radical (unpaired) electrons. The van der Waals surface area contributed by atoms with E-state index in [2.05, 4.69) is 31.1 Å². The fourth-order valence-electron chi connectivity index (χ4n) is 1.13. The SMILES string of the molecule is CC(C)(C)CCNc1ccc(C#N)cn1. The van der Waals surface area contributed by atoms with Crippen molar-refractivity contribution in [2.45, 2.75) is 27.2 Å². The number of hydrogen-bond acceptors (Lipinski definition) is 3. The highest BCUT2D eigenvalue weighted by atomic mass is 15.0. The van der Waals surface area contributed by atoms with Crippen LogP contribution in [0.2, 0.25) is 0 Å². The first kappa shape index (κ1) is 11.5. The quantitative estimate of drug-likeness (QED) is 0.821. The number of nitrogens with zero attached hydrogens (tertiary/aromatic N) is 2. The maximum atomic E-state index is 8.60. The summed E-state index contributed by atoms with van der Waals surface area (Å²) in [6, 6.07) is 5.65. The Morgan fingerprint density at radius 2 is 2.13 bits per heavy atom. The third-order valence-electron chi connectivity index (χ3n) is 2.07. The van der Waals surface area contributed by atoms with Crippen LogP contribution < -0.4 is 5.32 Å². The summed E-state index contributed by atoms with van der Waals surface area (Å²) in [7, 11) is 0. The highest BCUT2D eigenvalue weighted by Gasteiger charge is 2.08. The topological polar surface area (TPSA) is 48.7 Å². The molecule has 0 atom stereocenters. The zero-order valence-electron chi connectivity index (χ0n) is 9.54. The zero-order chi connectivity index (χ0) is 11.3. The molecule has 0 unspecified atom stereocenters. The lowest BCUT2D eigenvalue weighted by atomic mass is 9.92. The van der Waals surface area contributed by atoms with Crippen molar-refractivity contribution in [3.63, 3.8) is 0 Å². The molecule has 3 nitrogen and oxygen atoms in total. The van der Waals surface area contributed by atoms with E-state index < -0.39 is 0 Å². The molecule has 0 amide bonds. The first-order valence-corrected chi connectivity index (χ1v) is 5.11. The van der Waals surface area contributed by atoms with Gasteiger partial charge in [-0.3, -0.25) is 0 Å². The first-order chi connectivity index (χ1) is 7.01. The van der Waals surface area contributed by atoms with Crippen LogP contribution in [0, 0.1) is 16.7 Å². The third-order valence-corrected chi connectivity index (χ3v) is 2.07. The van der Waals surface area contributed by atoms with E-state index in [4.69, 9.17) is 5.26 Å². The molecular weight excluding hydrogens is 186 g/mol. The maximum Gasteiger partial charge on any atom is 0.125 e. The average molecular weight is 203 g/mol. The second-order valence-electron chi connectivity index (χ2n) is 4.78. The Morgan fingerprint density at radius 1 is 1.40 bits per heavy atom. The minimum Gasteiger partial charge on any atom is -0.370 e. The first-order valence-electron chi connectivity index (χ1n) is 5.11. The Labute approximate surface area is 91.1 Å². The average Bonchev–Trinajstić information content (AvgIpc) is 2.17. The van der Waals surface area contributed by atoms with E-state index in [0.717, 1.165) is 18.8 Å². The number of pyridine rings is 1. The predicted molar refractivity (Wildman–Crippen MR) is 61.5 cm³/mol. The van der Waals surface area contributed by atoms with Gasteiger partial charge in [0.2, 0.25) is 0 Å². The van der Waals surface area contributed by atoms with Crippen LogP contribution >= 0.6 is 0 Å². The molecule has 0 aromatic carbocycles. The summed E-state index contributed by atoms with van der Waals surface area (Å²) in [5.74, 6) is 0.832. The number of nitriles is 1. The summed E-state index contributed by atoms with van der Waals surface area (Å²) in [5, 5.41) is 11.8. The molecule has 0 aliphatic carbocycles. The highest BCUT2D eigenvalue weighted by molar-refractivity contribution is 5.38. The van der Waals surface area contributed by atoms with E-state index in [1.54, 1.807) is 12.3 Å². The zero-order valence-corrected chi connectivity index (χ0v) is 9.54. The lowest BCUT2D eigenvalue weighted by Gasteiger charge is -2.18. The van der Waals surface area contributed by atoms with Gasteiger partial charge in [-0.05, 0) is 24.0 Å². The van der Waals surface area contributed by atoms with Crippen LogP contribution in [-0.2, 0) is 0 Å². The second-order valence-corrected chi connectivity index (χ2v) is 4.78. The fraction of sp³-hybridized carbons (Fsp3) is 0.500. The summed E-state index contributed by atoms with van der Waals surface area (Å²) in [6.45, 7) is 7.53. The molecule has 0 fully saturated rings. The molecule has 0 saturated heterocycles. The van der Waals surface area contributed by atoms with Gasteiger partial charge in [-0.25, -0.2) is 4.98 Å². The molecule has 1 aromatic rings. The standard InChI is InChI=1S/C12H17N3/c1-12(2,3)6-7-14-11-5-4-10(8-13)9-15-11/h4-5,9H,6-7H2,1-3H3,(H,14,15). The van der Waals surface area contributed by atoms with E-state index in [1.807, 2.05) is 12.1 Å². The molecule has 0 aliphatic rings. The molecular formula is C12H17N3. The van der Waals surface area contributed by atoms with E-state index in [9.17, 15) is 0 Å². The van der Waals surface area contributed by atoms with Crippen LogP contribution in [0.1, 0.15) is 32.8 Å². The summed E-state index contributed by atoms with van der Waals surface area (Å²) in [6.07, 6.45) is 2.67. The smallest absolute Gasteiger partial charge is 0.125 e. The molecule has 80 valence electrons. The van der Waals surface area contributed by atoms with Crippen molar-refractivity contribution in [1.29, 1.82) is 5.26 Å². The van der Waals surface area contributed by atoms with E-state index in [0.29, 0.717) is 11.0 Å². The lowest BCUT2D eigenvalue weighted by Crippen LogP contribution is -2.13. The molecule has 15 heavy (non-hydrogen) atoms. The Morgan fingerprint density at radius 3 is 2.60 bits per heavy atom. The molecule has 1 aromatic heterocycles. The van der Waals surface area contributed by atoms with Crippen molar-refractivity contribution >= 4 is 5.82 Å². The van der Waals surface area contributed by atoms with Crippen molar-refractivity contribution in [2.24, 2.45) is 5.41 Å². The fourth-order valence-corrected chi connectivity index (χ4v) is 1.13. The summed E-state index contributed by atoms with van der Waals surface area (Å²) < 4.78 is 0. The Kier molecular flexibility index (Phi) is 3.68. The van der Waals surface area contributed by atoms with Gasteiger partial charge in [0.1, 0.15) is 11.9 Å². The minimum absolute atomic E-state index is 0.333. The third kappa shape index (κ3) is 4.46. The van der Waals surface area contributed by atoms with E-state index in [1.165, 1.54) is 0 Å². The van der Waals surface area contributed by atoms with Crippen LogP contribution in [-0.4, -0.2) is 11.5 Å². The summed E-state index contributed by atoms with van der Waals surface area (Å²) in [4.78, 5) is 4.14. The van der Waals surface area contributed by atoms with Crippen molar-refractivity contribution in [2.75, 3.05) is 11.9 Å². The van der Waals surface area contributed by atoms with E-state index in [-0.39, 0.29) is 0 Å². The van der Waals surface area contributed by atoms with Gasteiger partial charge in [-0.1, -0.05) is 20.8 Å². The molecule has 0 aliphatic heterocycles. The minimum atomic E-state index is 0.333. The molecule has 0 saturated carbocycles. The number of nitrogens with one attached hydrogen (secondary N) is 1. The van der Waals surface area contributed by atoms with Crippen LogP contribution in [0.15, 0.2) is 18.3 Å². The van der Waals surface area contributed by atoms with Crippen LogP contribution in [0.25, 0.3) is 0 Å². The molecule has 1 N–H and O–H groups in total. The van der Waals surface area contributed by atoms with Crippen LogP contribution in [0.4, 0.5) is 5.82 Å². The summed E-state index contributed by atoms with van der Waals surface area (Å²) >= 11 is 0. The molecule has 1 rings (SSSR count). The largest absolute Gasteiger partial charge is 0.370 e. The predicted octanol–water partition coefficient (Wildman–Crippen LogP) is 2.80. The monoisotopic (exact) mass is 203 g/mol. The Bertz CT molecular complexity index is 341. The van der Waals surface area contributed by atoms with Gasteiger partial charge in [0.25, 0.3) is 0 Å². The van der Waals surface area contributed by atoms with Crippen molar-refractivity contribution in [3.05, 3.63) is 23.9 Å². The Hall–Kier alpha value is -1.56. The molecule has 0 bridgehead atoms. The van der Waals surface area contributed by atoms with Gasteiger partial charge in [-0.2, -0.15) is 5.26 Å². The van der Waals surface area contributed by atoms with Crippen molar-refractivity contribution in [1.82, 2.24) is 4.98 Å². The Balaban J connectivity index is 2.42. The summed E-state index contributed by atoms with van der Waals surface area (Å²) in [5.41, 5.74) is 0.927. The maximum absolute atomic E-state index is 8.60. The van der Waals surface area contributed by atoms with Gasteiger partial charge in [0.05, 0.1) is 5.56 Å². The van der Waals surface area contributed by atoms with Crippen LogP contribution in [0.3, 0.4) is 0 Å². The van der Waals surface area contributed by atoms with Gasteiger partial charge in [-0.15, -0.1) is 0 Å². The van der Waals surface area contributed by atoms with Crippen molar-refractivity contribution < 1.29 is 0 Å². The highest BCUT2D eigenvalue weighted by Crippen LogP contribution is 2.18. The molecule has 0 spiro atoms. The van der Waals surface area contributed by atoms with Gasteiger partial charge < -0.3 is 5.32 Å². The van der Waals surface area contributed by atoms with Crippen molar-refractivity contribution in [3.8, 4) is 6.07 Å². The molecule has 3 heteroatoms. The van der Waals surface area contributed by atoms with Gasteiger partial charge in [0, 0.05) is 12.7 Å². The number of aromatic nitrogens is 1. The normalized spacial score (nSPS) is 10.8. The number of hydrogen-bond donors (Lipinski definition) is 1. The van der Waals surface area contributed by atoms with E-state index >= 15 is 0 Å².